The molecule has 13 rings (SSSR count). The molecule has 0 spiro atoms. The topological polar surface area (TPSA) is 87.9 Å². The molecular weight excluding hydrogens is 1630 g/mol. The lowest BCUT2D eigenvalue weighted by Gasteiger charge is -2.14. The Morgan fingerprint density at radius 3 is 0.635 bits per heavy atom. The third-order valence-electron chi connectivity index (χ3n) is 14.5. The fraction of sp³-hybridized carbons (Fsp3) is 0.0571. The molecule has 26 heteroatoms. The zero-order chi connectivity index (χ0) is 69.1. The summed E-state index contributed by atoms with van der Waals surface area (Å²) in [5.74, 6) is 0. The lowest BCUT2D eigenvalue weighted by atomic mass is 10.00. The van der Waals surface area contributed by atoms with Gasteiger partial charge in [0.05, 0.1) is 104 Å². The van der Waals surface area contributed by atoms with Crippen LogP contribution < -0.4 is 21.4 Å². The molecule has 6 nitrogen and oxygen atoms in total. The number of H-pyrrole nitrogens is 4. The number of nitrogens with zero attached hydrogens (tertiary/aromatic N) is 2. The van der Waals surface area contributed by atoms with Gasteiger partial charge in [0, 0.05) is 111 Å². The standard InChI is InChI=1S/C66H34Cl12N6.4CH2Cl2/c67-31-7-1-8-32(68)55(31)61-43-19-21-45(79-43)62(56-33(69)9-2-10-34(56)70)47-23-25-49(81-47)64(58-37(73)13-4-14-38(58)74)51-27-29-53(83-51)66(60-41(77)17-6-18-42(60)78)54-30-28-52(84-54)65(59-39(75)15-5-16-40(59)76)50-26-24-48(82-50)63(46-22-20-44(61)80-46)57-35(71)11-3-12-36(57)72;4*2-1-3/h1-30,79-80,83-84H;4*1H2. The highest BCUT2D eigenvalue weighted by Crippen LogP contribution is 2.44. The maximum atomic E-state index is 7.20. The van der Waals surface area contributed by atoms with Crippen molar-refractivity contribution in [1.29, 1.82) is 0 Å². The monoisotopic (exact) mass is 1670 g/mol. The molecule has 6 aromatic carbocycles. The fourth-order valence-electron chi connectivity index (χ4n) is 10.9. The molecule has 12 bridgehead atoms. The van der Waals surface area contributed by atoms with Gasteiger partial charge in [-0.2, -0.15) is 0 Å². The van der Waals surface area contributed by atoms with Gasteiger partial charge in [-0.15, -0.1) is 92.8 Å². The van der Waals surface area contributed by atoms with Gasteiger partial charge in [-0.25, -0.2) is 9.98 Å². The van der Waals surface area contributed by atoms with E-state index in [1.165, 1.54) is 0 Å². The van der Waals surface area contributed by atoms with Crippen molar-refractivity contribution >= 4 is 277 Å². The Morgan fingerprint density at radius 2 is 0.406 bits per heavy atom. The normalized spacial score (nSPS) is 13.2. The molecule has 7 heterocycles. The molecule has 0 aliphatic carbocycles. The number of hydrogen-bond acceptors (Lipinski definition) is 2. The molecule has 0 saturated carbocycles. The molecule has 0 atom stereocenters. The average Bonchev–Trinajstić information content (AvgIpc) is 1.61. The Balaban J connectivity index is 0.000000841. The fourth-order valence-corrected chi connectivity index (χ4v) is 14.4. The van der Waals surface area contributed by atoms with Crippen LogP contribution in [0, 0.1) is 0 Å². The van der Waals surface area contributed by atoms with E-state index in [-0.39, 0.29) is 21.4 Å². The van der Waals surface area contributed by atoms with E-state index in [9.17, 15) is 0 Å². The van der Waals surface area contributed by atoms with Gasteiger partial charge in [0.1, 0.15) is 0 Å². The third kappa shape index (κ3) is 16.8. The van der Waals surface area contributed by atoms with Crippen LogP contribution in [0.1, 0.15) is 56.2 Å². The van der Waals surface area contributed by atoms with E-state index >= 15 is 0 Å². The highest BCUT2D eigenvalue weighted by Gasteiger charge is 2.29. The Labute approximate surface area is 652 Å². The molecule has 3 aliphatic heterocycles. The summed E-state index contributed by atoms with van der Waals surface area (Å²) in [6.07, 6.45) is 7.59. The Bertz CT molecular complexity index is 4610. The number of hydrogen-bond donors (Lipinski definition) is 4. The van der Waals surface area contributed by atoms with Gasteiger partial charge < -0.3 is 19.9 Å². The van der Waals surface area contributed by atoms with Crippen molar-refractivity contribution in [1.82, 2.24) is 19.9 Å². The first-order valence-electron chi connectivity index (χ1n) is 27.7. The maximum absolute atomic E-state index is 7.20. The molecule has 96 heavy (non-hydrogen) atoms. The Morgan fingerprint density at radius 1 is 0.219 bits per heavy atom. The van der Waals surface area contributed by atoms with Crippen molar-refractivity contribution in [2.24, 2.45) is 9.98 Å². The molecule has 0 fully saturated rings. The molecule has 0 amide bonds. The molecule has 4 aromatic heterocycles. The van der Waals surface area contributed by atoms with Crippen LogP contribution in [-0.2, 0) is 0 Å². The Hall–Kier alpha value is -3.98. The van der Waals surface area contributed by atoms with Crippen molar-refractivity contribution in [3.05, 3.63) is 331 Å². The van der Waals surface area contributed by atoms with Crippen LogP contribution in [0.3, 0.4) is 0 Å². The third-order valence-corrected chi connectivity index (χ3v) is 18.3. The highest BCUT2D eigenvalue weighted by molar-refractivity contribution is 6.46. The summed E-state index contributed by atoms with van der Waals surface area (Å²) in [6.45, 7) is 0. The quantitative estimate of drug-likeness (QED) is 0.120. The minimum Gasteiger partial charge on any atom is -0.354 e. The molecule has 492 valence electrons. The Kier molecular flexibility index (Phi) is 28.2. The number of aliphatic imine (C=N–C) groups is 2. The first kappa shape index (κ1) is 76.2. The molecule has 0 radical (unpaired) electrons. The van der Waals surface area contributed by atoms with Gasteiger partial charge >= 0.3 is 0 Å². The summed E-state index contributed by atoms with van der Waals surface area (Å²) in [5, 5.41) is 7.80. The minimum absolute atomic E-state index is 0.194. The van der Waals surface area contributed by atoms with Gasteiger partial charge in [0.15, 0.2) is 0 Å². The maximum Gasteiger partial charge on any atom is 0.0967 e. The molecule has 3 aliphatic rings. The first-order valence-corrected chi connectivity index (χ1v) is 36.5. The number of aromatic nitrogens is 4. The van der Waals surface area contributed by atoms with Crippen LogP contribution in [0.25, 0.3) is 33.4 Å². The summed E-state index contributed by atoms with van der Waals surface area (Å²) < 4.78 is 0. The second-order valence-electron chi connectivity index (χ2n) is 19.8. The number of fused-ring (bicyclic) bond motifs is 10. The average molecular weight is 1680 g/mol. The van der Waals surface area contributed by atoms with Gasteiger partial charge in [-0.05, 0) is 146 Å². The van der Waals surface area contributed by atoms with E-state index in [1.807, 2.05) is 72.8 Å². The van der Waals surface area contributed by atoms with Gasteiger partial charge in [0.2, 0.25) is 0 Å². The molecule has 0 unspecified atom stereocenters. The van der Waals surface area contributed by atoms with Crippen LogP contribution >= 0.6 is 232 Å². The number of benzene rings is 6. The molecular formula is C70H42Cl20N6. The van der Waals surface area contributed by atoms with Crippen LogP contribution in [0.4, 0.5) is 0 Å². The highest BCUT2D eigenvalue weighted by atomic mass is 35.5. The lowest BCUT2D eigenvalue weighted by molar-refractivity contribution is 1.22. The zero-order valence-electron chi connectivity index (χ0n) is 48.6. The minimum atomic E-state index is 0.194. The number of halogens is 20. The predicted octanol–water partition coefficient (Wildman–Crippen LogP) is 24.7. The van der Waals surface area contributed by atoms with Gasteiger partial charge in [-0.3, -0.25) is 0 Å². The second kappa shape index (κ2) is 35.6. The van der Waals surface area contributed by atoms with Gasteiger partial charge in [0.25, 0.3) is 0 Å². The zero-order valence-corrected chi connectivity index (χ0v) is 63.7. The summed E-state index contributed by atoms with van der Waals surface area (Å²) in [5.41, 5.74) is 11.2. The van der Waals surface area contributed by atoms with Crippen molar-refractivity contribution in [2.75, 3.05) is 21.4 Å². The van der Waals surface area contributed by atoms with E-state index in [0.717, 1.165) is 0 Å². The van der Waals surface area contributed by atoms with Crippen molar-refractivity contribution in [2.45, 2.75) is 0 Å². The summed E-state index contributed by atoms with van der Waals surface area (Å²) in [6, 6.07) is 47.5. The smallest absolute Gasteiger partial charge is 0.0967 e. The largest absolute Gasteiger partial charge is 0.354 e. The predicted molar refractivity (Wildman–Crippen MR) is 420 cm³/mol. The van der Waals surface area contributed by atoms with E-state index in [2.05, 4.69) is 19.9 Å². The molecule has 4 N–H and O–H groups in total. The van der Waals surface area contributed by atoms with E-state index in [4.69, 9.17) is 242 Å². The first-order chi connectivity index (χ1) is 46.3. The van der Waals surface area contributed by atoms with E-state index in [1.54, 1.807) is 109 Å². The number of rotatable bonds is 6. The van der Waals surface area contributed by atoms with E-state index in [0.29, 0.717) is 194 Å². The summed E-state index contributed by atoms with van der Waals surface area (Å²) >= 11 is 124. The van der Waals surface area contributed by atoms with Crippen molar-refractivity contribution in [3.8, 4) is 0 Å². The lowest BCUT2D eigenvalue weighted by Crippen LogP contribution is -2.20. The van der Waals surface area contributed by atoms with Gasteiger partial charge in [-0.1, -0.05) is 176 Å². The van der Waals surface area contributed by atoms with Crippen LogP contribution in [0.5, 0.6) is 0 Å². The summed E-state index contributed by atoms with van der Waals surface area (Å²) in [7, 11) is 0. The van der Waals surface area contributed by atoms with Crippen LogP contribution in [0.2, 0.25) is 60.3 Å². The summed E-state index contributed by atoms with van der Waals surface area (Å²) in [4.78, 5) is 25.7. The number of alkyl halides is 8. The number of allylic oxidation sites excluding steroid dienone is 4. The number of nitrogens with one attached hydrogen (secondary N) is 4. The van der Waals surface area contributed by atoms with Crippen LogP contribution in [0.15, 0.2) is 203 Å². The number of aromatic amines is 4. The van der Waals surface area contributed by atoms with Crippen molar-refractivity contribution in [3.63, 3.8) is 0 Å². The molecule has 0 saturated heterocycles. The molecule has 10 aromatic rings. The van der Waals surface area contributed by atoms with Crippen LogP contribution in [-0.4, -0.2) is 52.7 Å². The van der Waals surface area contributed by atoms with E-state index < -0.39 is 0 Å². The van der Waals surface area contributed by atoms with Crippen molar-refractivity contribution < 1.29 is 0 Å². The SMILES string of the molecule is ClCCl.ClCCl.ClCCl.ClCCl.Clc1cccc(Cl)c1C1=C2C=CC(=N2)C(c2c(Cl)cccc2Cl)=c2ccc([nH]2)=C(c2c(Cl)cccc2Cl)c2ccc([nH]2)C(c2c(Cl)cccc2Cl)=C2C=CC(=N2)C(c2c(Cl)cccc2Cl)=c2ccc([nH]2)=C(c2c(Cl)cccc2Cl)c2ccc1[nH]2. The second-order valence-corrected chi connectivity index (χ2v) is 27.9.